The normalized spacial score (nSPS) is 9.37. The zero-order valence-corrected chi connectivity index (χ0v) is 33.2. The average molecular weight is 926 g/mol. The van der Waals surface area contributed by atoms with Crippen molar-refractivity contribution in [1.29, 1.82) is 0 Å². The number of nitrogens with zero attached hydrogens (tertiary/aromatic N) is 3. The van der Waals surface area contributed by atoms with Crippen LogP contribution in [0.5, 0.6) is 0 Å². The molecule has 3 aromatic heterocycles. The van der Waals surface area contributed by atoms with Gasteiger partial charge in [0.2, 0.25) is 0 Å². The zero-order valence-electron chi connectivity index (χ0n) is 28.9. The smallest absolute Gasteiger partial charge is 0.177 e. The molecule has 0 unspecified atom stereocenters. The Balaban J connectivity index is 0.000000231. The van der Waals surface area contributed by atoms with Gasteiger partial charge in [-0.3, -0.25) is 19.7 Å². The summed E-state index contributed by atoms with van der Waals surface area (Å²) in [6, 6.07) is 36.7. The first kappa shape index (κ1) is 42.6. The van der Waals surface area contributed by atoms with Crippen LogP contribution in [-0.4, -0.2) is 20.7 Å². The Kier molecular flexibility index (Phi) is 18.6. The molecule has 0 atom stereocenters. The maximum atomic E-state index is 10.2. The van der Waals surface area contributed by atoms with Crippen molar-refractivity contribution in [2.75, 3.05) is 0 Å². The van der Waals surface area contributed by atoms with Crippen molar-refractivity contribution in [2.45, 2.75) is 14.4 Å². The molecule has 264 valence electrons. The highest BCUT2D eigenvalue weighted by atomic mass is 127. The Labute approximate surface area is 346 Å². The first-order chi connectivity index (χ1) is 25.9. The van der Waals surface area contributed by atoms with Crippen LogP contribution in [0.15, 0.2) is 171 Å². The van der Waals surface area contributed by atoms with Crippen LogP contribution in [-0.2, 0) is 4.79 Å². The Morgan fingerprint density at radius 1 is 0.556 bits per heavy atom. The number of carbonyl (C=O) groups is 1. The standard InChI is InChI=1S/C24H14N2.C10H6I2.C7H5N.C6H8O.CH4/c1(19-9-13-25-14-10-19)3-21-5-7-24-18-22(6-8-23(24)17-21)4-2-20-11-15-26-16-12-20;11-9-3-1-7-5-10(12)4-2-8(7)6-9;1-2-7-3-5-8-6-4-7;1-3-5-6(7)4-2;/h5-18H;1-6H;1,3-6H;3-5H,2H2,1H3;1H4. The van der Waals surface area contributed by atoms with Crippen molar-refractivity contribution >= 4 is 72.5 Å². The first-order valence-corrected chi connectivity index (χ1v) is 18.4. The maximum Gasteiger partial charge on any atom is 0.177 e. The SMILES string of the molecule is C.C#Cc1ccncc1.C(#Cc1ccc2cc(C#Cc3ccncc3)ccc2c1)c1ccncc1.C=CC(=O)C=CC.Ic1ccc2cc(I)ccc2c1. The van der Waals surface area contributed by atoms with Crippen molar-refractivity contribution in [1.82, 2.24) is 15.0 Å². The highest BCUT2D eigenvalue weighted by Crippen LogP contribution is 2.20. The molecule has 4 nitrogen and oxygen atoms in total. The summed E-state index contributed by atoms with van der Waals surface area (Å²) in [4.78, 5) is 22.0. The zero-order chi connectivity index (χ0) is 37.7. The fraction of sp³-hybridized carbons (Fsp3) is 0.0417. The van der Waals surface area contributed by atoms with E-state index in [1.807, 2.05) is 36.4 Å². The summed E-state index contributed by atoms with van der Waals surface area (Å²) in [7, 11) is 0. The predicted octanol–water partition coefficient (Wildman–Crippen LogP) is 11.5. The van der Waals surface area contributed by atoms with Crippen molar-refractivity contribution in [2.24, 2.45) is 0 Å². The lowest BCUT2D eigenvalue weighted by Crippen LogP contribution is -1.81. The number of hydrogen-bond donors (Lipinski definition) is 0. The third kappa shape index (κ3) is 15.0. The molecule has 0 saturated carbocycles. The molecule has 0 radical (unpaired) electrons. The molecular formula is C48H37I2N3O. The molecule has 6 heteroatoms. The second-order valence-electron chi connectivity index (χ2n) is 10.9. The molecule has 0 spiro atoms. The van der Waals surface area contributed by atoms with Gasteiger partial charge in [-0.1, -0.05) is 73.9 Å². The van der Waals surface area contributed by atoms with Crippen LogP contribution < -0.4 is 0 Å². The van der Waals surface area contributed by atoms with Crippen LogP contribution in [0, 0.1) is 43.2 Å². The van der Waals surface area contributed by atoms with Gasteiger partial charge >= 0.3 is 0 Å². The highest BCUT2D eigenvalue weighted by molar-refractivity contribution is 14.1. The lowest BCUT2D eigenvalue weighted by molar-refractivity contribution is -0.110. The Bertz CT molecular complexity index is 2350. The number of aromatic nitrogens is 3. The van der Waals surface area contributed by atoms with Gasteiger partial charge in [0.1, 0.15) is 0 Å². The minimum Gasteiger partial charge on any atom is -0.290 e. The molecule has 0 saturated heterocycles. The molecule has 7 aromatic rings. The molecule has 3 heterocycles. The van der Waals surface area contributed by atoms with Gasteiger partial charge < -0.3 is 0 Å². The molecule has 0 amide bonds. The third-order valence-electron chi connectivity index (χ3n) is 7.05. The van der Waals surface area contributed by atoms with E-state index in [0.717, 1.165) is 38.6 Å². The van der Waals surface area contributed by atoms with Crippen molar-refractivity contribution < 1.29 is 4.79 Å². The van der Waals surface area contributed by atoms with Gasteiger partial charge in [-0.15, -0.1) is 6.42 Å². The first-order valence-electron chi connectivity index (χ1n) is 16.3. The van der Waals surface area contributed by atoms with Crippen molar-refractivity contribution in [3.63, 3.8) is 0 Å². The number of hydrogen-bond acceptors (Lipinski definition) is 4. The number of fused-ring (bicyclic) bond motifs is 2. The number of allylic oxidation sites excluding steroid dienone is 3. The minimum absolute atomic E-state index is 0. The summed E-state index contributed by atoms with van der Waals surface area (Å²) in [6.45, 7) is 5.07. The van der Waals surface area contributed by atoms with E-state index in [1.165, 1.54) is 30.1 Å². The number of halogens is 2. The molecule has 0 aliphatic carbocycles. The minimum atomic E-state index is -0.0394. The highest BCUT2D eigenvalue weighted by Gasteiger charge is 1.97. The monoisotopic (exact) mass is 925 g/mol. The molecule has 7 rings (SSSR count). The summed E-state index contributed by atoms with van der Waals surface area (Å²) in [6.07, 6.45) is 19.8. The summed E-state index contributed by atoms with van der Waals surface area (Å²) < 4.78 is 2.59. The van der Waals surface area contributed by atoms with Gasteiger partial charge in [0, 0.05) is 72.1 Å². The molecule has 0 aliphatic heterocycles. The average Bonchev–Trinajstić information content (AvgIpc) is 3.21. The number of carbonyl (C=O) groups excluding carboxylic acids is 1. The molecule has 0 bridgehead atoms. The predicted molar refractivity (Wildman–Crippen MR) is 243 cm³/mol. The van der Waals surface area contributed by atoms with Gasteiger partial charge in [0.15, 0.2) is 5.78 Å². The second-order valence-corrected chi connectivity index (χ2v) is 13.4. The van der Waals surface area contributed by atoms with E-state index in [2.05, 4.69) is 157 Å². The molecule has 0 N–H and O–H groups in total. The van der Waals surface area contributed by atoms with Crippen LogP contribution in [0.25, 0.3) is 21.5 Å². The second kappa shape index (κ2) is 23.7. The Morgan fingerprint density at radius 3 is 1.24 bits per heavy atom. The quantitative estimate of drug-likeness (QED) is 0.0985. The Hall–Kier alpha value is -5.86. The van der Waals surface area contributed by atoms with Gasteiger partial charge in [-0.05, 0) is 171 Å². The number of ketones is 1. The largest absolute Gasteiger partial charge is 0.290 e. The molecular weight excluding hydrogens is 888 g/mol. The maximum absolute atomic E-state index is 10.2. The van der Waals surface area contributed by atoms with Crippen molar-refractivity contribution in [3.8, 4) is 36.0 Å². The van der Waals surface area contributed by atoms with E-state index in [-0.39, 0.29) is 13.2 Å². The number of benzene rings is 4. The topological polar surface area (TPSA) is 55.7 Å². The van der Waals surface area contributed by atoms with Gasteiger partial charge in [-0.2, -0.15) is 0 Å². The number of rotatable bonds is 2. The van der Waals surface area contributed by atoms with Crippen LogP contribution in [0.2, 0.25) is 0 Å². The molecule has 4 aromatic carbocycles. The van der Waals surface area contributed by atoms with E-state index < -0.39 is 0 Å². The molecule has 0 aliphatic rings. The van der Waals surface area contributed by atoms with Crippen LogP contribution in [0.1, 0.15) is 42.2 Å². The third-order valence-corrected chi connectivity index (χ3v) is 8.39. The van der Waals surface area contributed by atoms with Crippen LogP contribution >= 0.6 is 45.2 Å². The summed E-state index contributed by atoms with van der Waals surface area (Å²) >= 11 is 4.67. The van der Waals surface area contributed by atoms with E-state index >= 15 is 0 Å². The summed E-state index contributed by atoms with van der Waals surface area (Å²) in [5.41, 5.74) is 4.78. The lowest BCUT2D eigenvalue weighted by Gasteiger charge is -2.00. The lowest BCUT2D eigenvalue weighted by atomic mass is 10.0. The van der Waals surface area contributed by atoms with Crippen LogP contribution in [0.4, 0.5) is 0 Å². The van der Waals surface area contributed by atoms with Gasteiger partial charge in [0.25, 0.3) is 0 Å². The molecule has 54 heavy (non-hydrogen) atoms. The fourth-order valence-electron chi connectivity index (χ4n) is 4.43. The van der Waals surface area contributed by atoms with E-state index in [9.17, 15) is 4.79 Å². The van der Waals surface area contributed by atoms with E-state index in [1.54, 1.807) is 62.3 Å². The summed E-state index contributed by atoms with van der Waals surface area (Å²) in [5.74, 6) is 15.2. The van der Waals surface area contributed by atoms with E-state index in [0.29, 0.717) is 0 Å². The molecule has 0 fully saturated rings. The van der Waals surface area contributed by atoms with E-state index in [4.69, 9.17) is 6.42 Å². The summed E-state index contributed by atoms with van der Waals surface area (Å²) in [5, 5.41) is 4.95. The van der Waals surface area contributed by atoms with Crippen LogP contribution in [0.3, 0.4) is 0 Å². The number of pyridine rings is 3. The van der Waals surface area contributed by atoms with Crippen molar-refractivity contribution in [3.05, 3.63) is 206 Å². The Morgan fingerprint density at radius 2 is 0.907 bits per heavy atom. The van der Waals surface area contributed by atoms with Gasteiger partial charge in [0.05, 0.1) is 0 Å². The van der Waals surface area contributed by atoms with Gasteiger partial charge in [-0.25, -0.2) is 0 Å². The fourth-order valence-corrected chi connectivity index (χ4v) is 5.46. The number of terminal acetylenes is 1.